The highest BCUT2D eigenvalue weighted by atomic mass is 35.5. The first kappa shape index (κ1) is 12.4. The quantitative estimate of drug-likeness (QED) is 0.684. The van der Waals surface area contributed by atoms with Crippen LogP contribution in [-0.4, -0.2) is 0 Å². The van der Waals surface area contributed by atoms with Gasteiger partial charge in [0.25, 0.3) is 0 Å². The minimum Gasteiger partial charge on any atom is -0.147 e. The van der Waals surface area contributed by atoms with Crippen molar-refractivity contribution in [3.05, 3.63) is 58.6 Å². The van der Waals surface area contributed by atoms with Crippen LogP contribution in [0.3, 0.4) is 0 Å². The fourth-order valence-corrected chi connectivity index (χ4v) is 1.55. The van der Waals surface area contributed by atoms with Crippen LogP contribution in [0, 0.1) is 6.07 Å². The summed E-state index contributed by atoms with van der Waals surface area (Å²) >= 11 is 11.8. The highest BCUT2D eigenvalue weighted by Crippen LogP contribution is 2.28. The van der Waals surface area contributed by atoms with Gasteiger partial charge in [0.15, 0.2) is 0 Å². The Balaban J connectivity index is 0.00000112. The van der Waals surface area contributed by atoms with Crippen molar-refractivity contribution in [1.29, 1.82) is 0 Å². The molecule has 15 heavy (non-hydrogen) atoms. The summed E-state index contributed by atoms with van der Waals surface area (Å²) in [5.41, 5.74) is 2.18. The van der Waals surface area contributed by atoms with E-state index in [1.165, 1.54) is 0 Å². The Hall–Kier alpha value is -0.690. The Kier molecular flexibility index (Phi) is 4.46. The monoisotopic (exact) mass is 257 g/mol. The van der Waals surface area contributed by atoms with Crippen LogP contribution >= 0.6 is 35.6 Å². The Morgan fingerprint density at radius 1 is 0.800 bits per heavy atom. The van der Waals surface area contributed by atoms with Gasteiger partial charge in [0.2, 0.25) is 0 Å². The lowest BCUT2D eigenvalue weighted by molar-refractivity contribution is 1.61. The molecule has 0 fully saturated rings. The van der Waals surface area contributed by atoms with Gasteiger partial charge in [-0.15, -0.1) is 12.4 Å². The molecule has 2 aromatic rings. The third kappa shape index (κ3) is 2.88. The van der Waals surface area contributed by atoms with E-state index >= 15 is 0 Å². The topological polar surface area (TPSA) is 0 Å². The molecule has 0 nitrogen and oxygen atoms in total. The summed E-state index contributed by atoms with van der Waals surface area (Å²) in [4.78, 5) is 0. The van der Waals surface area contributed by atoms with Crippen molar-refractivity contribution in [1.82, 2.24) is 0 Å². The highest BCUT2D eigenvalue weighted by Gasteiger charge is 2.00. The fraction of sp³-hybridized carbons (Fsp3) is 0. The molecule has 0 spiro atoms. The molecule has 0 atom stereocenters. The SMILES string of the molecule is Cl.Clc1ccc(-c2cc[c]cc2)cc1Cl. The average molecular weight is 259 g/mol. The van der Waals surface area contributed by atoms with Gasteiger partial charge in [-0.2, -0.15) is 0 Å². The molecule has 0 amide bonds. The zero-order valence-corrected chi connectivity index (χ0v) is 10.0. The minimum absolute atomic E-state index is 0. The largest absolute Gasteiger partial charge is 0.147 e. The standard InChI is InChI=1S/C12H7Cl2.ClH/c13-11-7-6-10(8-12(11)14)9-4-2-1-3-5-9;/h2-8H;1H. The Morgan fingerprint density at radius 3 is 2.07 bits per heavy atom. The van der Waals surface area contributed by atoms with Gasteiger partial charge in [0, 0.05) is 0 Å². The summed E-state index contributed by atoms with van der Waals surface area (Å²) in [5, 5.41) is 1.16. The van der Waals surface area contributed by atoms with E-state index < -0.39 is 0 Å². The van der Waals surface area contributed by atoms with Crippen molar-refractivity contribution in [3.63, 3.8) is 0 Å². The van der Waals surface area contributed by atoms with E-state index in [1.54, 1.807) is 6.07 Å². The maximum Gasteiger partial charge on any atom is 0.0598 e. The molecule has 77 valence electrons. The van der Waals surface area contributed by atoms with Crippen LogP contribution in [-0.2, 0) is 0 Å². The Morgan fingerprint density at radius 2 is 1.47 bits per heavy atom. The molecule has 0 aliphatic rings. The summed E-state index contributed by atoms with van der Waals surface area (Å²) in [5.74, 6) is 0. The first-order valence-electron chi connectivity index (χ1n) is 4.19. The second-order valence-corrected chi connectivity index (χ2v) is 3.73. The molecule has 0 heterocycles. The first-order chi connectivity index (χ1) is 6.77. The third-order valence-corrected chi connectivity index (χ3v) is 2.71. The maximum absolute atomic E-state index is 5.92. The zero-order valence-electron chi connectivity index (χ0n) is 7.71. The summed E-state index contributed by atoms with van der Waals surface area (Å²) < 4.78 is 0. The molecule has 0 saturated carbocycles. The minimum atomic E-state index is 0. The van der Waals surface area contributed by atoms with Gasteiger partial charge in [0.1, 0.15) is 0 Å². The Bertz CT molecular complexity index is 438. The van der Waals surface area contributed by atoms with Crippen molar-refractivity contribution >= 4 is 35.6 Å². The maximum atomic E-state index is 5.92. The number of halogens is 3. The summed E-state index contributed by atoms with van der Waals surface area (Å²) in [6, 6.07) is 16.3. The van der Waals surface area contributed by atoms with Crippen molar-refractivity contribution in [2.45, 2.75) is 0 Å². The molecular formula is C12H8Cl3. The van der Waals surface area contributed by atoms with Gasteiger partial charge in [-0.05, 0) is 29.3 Å². The first-order valence-corrected chi connectivity index (χ1v) is 4.94. The van der Waals surface area contributed by atoms with Gasteiger partial charge in [-0.3, -0.25) is 0 Å². The lowest BCUT2D eigenvalue weighted by Crippen LogP contribution is -1.77. The second kappa shape index (κ2) is 5.41. The van der Waals surface area contributed by atoms with Gasteiger partial charge in [-0.25, -0.2) is 0 Å². The summed E-state index contributed by atoms with van der Waals surface area (Å²) in [6.45, 7) is 0. The van der Waals surface area contributed by atoms with Gasteiger partial charge >= 0.3 is 0 Å². The van der Waals surface area contributed by atoms with E-state index in [1.807, 2.05) is 36.4 Å². The molecule has 2 rings (SSSR count). The highest BCUT2D eigenvalue weighted by molar-refractivity contribution is 6.42. The predicted octanol–water partition coefficient (Wildman–Crippen LogP) is 4.88. The van der Waals surface area contributed by atoms with E-state index in [0.717, 1.165) is 11.1 Å². The molecule has 3 heteroatoms. The predicted molar refractivity (Wildman–Crippen MR) is 68.0 cm³/mol. The lowest BCUT2D eigenvalue weighted by Gasteiger charge is -2.02. The van der Waals surface area contributed by atoms with Crippen molar-refractivity contribution in [3.8, 4) is 11.1 Å². The van der Waals surface area contributed by atoms with Crippen LogP contribution in [0.25, 0.3) is 11.1 Å². The molecule has 0 saturated heterocycles. The number of benzene rings is 2. The van der Waals surface area contributed by atoms with E-state index in [2.05, 4.69) is 6.07 Å². The molecule has 0 aliphatic carbocycles. The van der Waals surface area contributed by atoms with E-state index in [0.29, 0.717) is 10.0 Å². The van der Waals surface area contributed by atoms with Crippen LogP contribution < -0.4 is 0 Å². The van der Waals surface area contributed by atoms with Gasteiger partial charge < -0.3 is 0 Å². The molecule has 0 aliphatic heterocycles. The number of rotatable bonds is 1. The van der Waals surface area contributed by atoms with Crippen LogP contribution in [0.1, 0.15) is 0 Å². The third-order valence-electron chi connectivity index (χ3n) is 1.97. The Labute approximate surface area is 105 Å². The van der Waals surface area contributed by atoms with E-state index in [4.69, 9.17) is 23.2 Å². The molecule has 0 aromatic heterocycles. The van der Waals surface area contributed by atoms with Crippen LogP contribution in [0.5, 0.6) is 0 Å². The number of hydrogen-bond acceptors (Lipinski definition) is 0. The van der Waals surface area contributed by atoms with Crippen LogP contribution in [0.15, 0.2) is 42.5 Å². The molecule has 2 aromatic carbocycles. The van der Waals surface area contributed by atoms with Crippen LogP contribution in [0.2, 0.25) is 10.0 Å². The average Bonchev–Trinajstić information content (AvgIpc) is 2.23. The fourth-order valence-electron chi connectivity index (χ4n) is 1.26. The zero-order chi connectivity index (χ0) is 9.97. The van der Waals surface area contributed by atoms with Gasteiger partial charge in [0.05, 0.1) is 10.0 Å². The number of hydrogen-bond donors (Lipinski definition) is 0. The van der Waals surface area contributed by atoms with Gasteiger partial charge in [-0.1, -0.05) is 53.5 Å². The van der Waals surface area contributed by atoms with Crippen molar-refractivity contribution < 1.29 is 0 Å². The molecular weight excluding hydrogens is 250 g/mol. The smallest absolute Gasteiger partial charge is 0.0598 e. The lowest BCUT2D eigenvalue weighted by atomic mass is 10.1. The van der Waals surface area contributed by atoms with Crippen LogP contribution in [0.4, 0.5) is 0 Å². The molecule has 0 unspecified atom stereocenters. The van der Waals surface area contributed by atoms with E-state index in [9.17, 15) is 0 Å². The summed E-state index contributed by atoms with van der Waals surface area (Å²) in [6.07, 6.45) is 0. The van der Waals surface area contributed by atoms with Crippen molar-refractivity contribution in [2.24, 2.45) is 0 Å². The molecule has 0 bridgehead atoms. The summed E-state index contributed by atoms with van der Waals surface area (Å²) in [7, 11) is 0. The second-order valence-electron chi connectivity index (χ2n) is 2.92. The molecule has 0 N–H and O–H groups in total. The molecule has 1 radical (unpaired) electrons. The van der Waals surface area contributed by atoms with E-state index in [-0.39, 0.29) is 12.4 Å². The normalized spacial score (nSPS) is 9.47. The van der Waals surface area contributed by atoms with Crippen molar-refractivity contribution in [2.75, 3.05) is 0 Å².